The van der Waals surface area contributed by atoms with Crippen LogP contribution in [0.5, 0.6) is 0 Å². The molecule has 0 amide bonds. The van der Waals surface area contributed by atoms with Crippen LogP contribution in [0.1, 0.15) is 0 Å². The van der Waals surface area contributed by atoms with Gasteiger partial charge in [0.25, 0.3) is 0 Å². The molecule has 0 atom stereocenters. The summed E-state index contributed by atoms with van der Waals surface area (Å²) in [5.74, 6) is 0.970. The molecule has 0 spiro atoms. The molecule has 0 saturated carbocycles. The highest BCUT2D eigenvalue weighted by atomic mass is 15.2. The molecule has 0 unspecified atom stereocenters. The van der Waals surface area contributed by atoms with Crippen molar-refractivity contribution in [3.63, 3.8) is 0 Å². The van der Waals surface area contributed by atoms with Crippen molar-refractivity contribution in [3.8, 4) is 0 Å². The van der Waals surface area contributed by atoms with Crippen molar-refractivity contribution in [3.05, 3.63) is 24.3 Å². The molecule has 10 heavy (non-hydrogen) atoms. The summed E-state index contributed by atoms with van der Waals surface area (Å²) in [6.45, 7) is 0.867. The number of allylic oxidation sites excluding steroid dienone is 1. The van der Waals surface area contributed by atoms with E-state index in [9.17, 15) is 0 Å². The molecule has 0 aliphatic carbocycles. The van der Waals surface area contributed by atoms with Crippen LogP contribution >= 0.6 is 0 Å². The molecule has 0 fully saturated rings. The van der Waals surface area contributed by atoms with Crippen LogP contribution < -0.4 is 0 Å². The third-order valence-corrected chi connectivity index (χ3v) is 1.44. The molecule has 2 heterocycles. The van der Waals surface area contributed by atoms with Gasteiger partial charge in [0.15, 0.2) is 0 Å². The Kier molecular flexibility index (Phi) is 1.13. The van der Waals surface area contributed by atoms with E-state index < -0.39 is 0 Å². The molecule has 2 aliphatic heterocycles. The summed E-state index contributed by atoms with van der Waals surface area (Å²) in [5.41, 5.74) is 0. The lowest BCUT2D eigenvalue weighted by atomic mass is 10.5. The number of rotatable bonds is 0. The Hall–Kier alpha value is -1.38. The molecule has 0 aromatic rings. The monoisotopic (exact) mass is 133 g/mol. The fraction of sp³-hybridized carbons (Fsp3) is 0.143. The van der Waals surface area contributed by atoms with Gasteiger partial charge in [0.1, 0.15) is 5.82 Å². The maximum atomic E-state index is 4.14. The Balaban J connectivity index is 2.36. The maximum Gasteiger partial charge on any atom is 0.134 e. The second-order valence-corrected chi connectivity index (χ2v) is 2.09. The molecular weight excluding hydrogens is 126 g/mol. The normalized spacial score (nSPS) is 20.8. The minimum atomic E-state index is 0.867. The van der Waals surface area contributed by atoms with Gasteiger partial charge in [-0.2, -0.15) is 0 Å². The largest absolute Gasteiger partial charge is 0.326 e. The first-order chi connectivity index (χ1) is 4.97. The Labute approximate surface area is 59.1 Å². The average molecular weight is 133 g/mol. The van der Waals surface area contributed by atoms with Gasteiger partial charge in [0.2, 0.25) is 0 Å². The summed E-state index contributed by atoms with van der Waals surface area (Å²) in [6, 6.07) is 0. The molecule has 3 nitrogen and oxygen atoms in total. The number of aliphatic imine (C=N–C) groups is 2. The van der Waals surface area contributed by atoms with Crippen LogP contribution in [-0.2, 0) is 0 Å². The van der Waals surface area contributed by atoms with Gasteiger partial charge in [-0.25, -0.2) is 4.99 Å². The first-order valence-electron chi connectivity index (χ1n) is 3.16. The van der Waals surface area contributed by atoms with Gasteiger partial charge >= 0.3 is 0 Å². The molecule has 50 valence electrons. The van der Waals surface area contributed by atoms with Gasteiger partial charge < -0.3 is 4.90 Å². The van der Waals surface area contributed by atoms with Gasteiger partial charge in [-0.3, -0.25) is 4.99 Å². The van der Waals surface area contributed by atoms with Gasteiger partial charge in [0, 0.05) is 24.8 Å². The van der Waals surface area contributed by atoms with Crippen molar-refractivity contribution < 1.29 is 0 Å². The van der Waals surface area contributed by atoms with Gasteiger partial charge in [-0.05, 0) is 6.08 Å². The number of fused-ring (bicyclic) bond motifs is 1. The molecule has 0 N–H and O–H groups in total. The van der Waals surface area contributed by atoms with Gasteiger partial charge in [-0.15, -0.1) is 0 Å². The van der Waals surface area contributed by atoms with Crippen molar-refractivity contribution in [2.24, 2.45) is 9.98 Å². The zero-order valence-electron chi connectivity index (χ0n) is 5.44. The molecule has 0 aromatic heterocycles. The summed E-state index contributed by atoms with van der Waals surface area (Å²) >= 11 is 0. The van der Waals surface area contributed by atoms with Crippen LogP contribution in [0.2, 0.25) is 0 Å². The van der Waals surface area contributed by atoms with Crippen LogP contribution in [-0.4, -0.2) is 23.9 Å². The van der Waals surface area contributed by atoms with E-state index in [4.69, 9.17) is 0 Å². The van der Waals surface area contributed by atoms with E-state index in [-0.39, 0.29) is 0 Å². The third kappa shape index (κ3) is 0.757. The van der Waals surface area contributed by atoms with Crippen LogP contribution in [0.15, 0.2) is 34.3 Å². The van der Waals surface area contributed by atoms with Crippen molar-refractivity contribution in [2.75, 3.05) is 6.54 Å². The molecule has 0 aromatic carbocycles. The minimum absolute atomic E-state index is 0.867. The van der Waals surface area contributed by atoms with E-state index in [1.165, 1.54) is 0 Å². The predicted molar refractivity (Wildman–Crippen MR) is 40.9 cm³/mol. The van der Waals surface area contributed by atoms with Crippen LogP contribution in [0.25, 0.3) is 0 Å². The maximum absolute atomic E-state index is 4.14. The molecule has 2 rings (SSSR count). The van der Waals surface area contributed by atoms with Crippen LogP contribution in [0, 0.1) is 0 Å². The lowest BCUT2D eigenvalue weighted by Crippen LogP contribution is -2.10. The summed E-state index contributed by atoms with van der Waals surface area (Å²) in [6.07, 6.45) is 9.20. The number of hydrogen-bond acceptors (Lipinski definition) is 3. The average Bonchev–Trinajstić information content (AvgIpc) is 2.28. The summed E-state index contributed by atoms with van der Waals surface area (Å²) in [5, 5.41) is 0. The smallest absolute Gasteiger partial charge is 0.134 e. The highest BCUT2D eigenvalue weighted by Crippen LogP contribution is 2.11. The molecular formula is C7H7N3. The third-order valence-electron chi connectivity index (χ3n) is 1.44. The van der Waals surface area contributed by atoms with E-state index in [1.54, 1.807) is 12.4 Å². The molecule has 0 bridgehead atoms. The quantitative estimate of drug-likeness (QED) is 0.479. The fourth-order valence-electron chi connectivity index (χ4n) is 0.944. The molecule has 0 radical (unpaired) electrons. The number of hydrogen-bond donors (Lipinski definition) is 0. The van der Waals surface area contributed by atoms with Crippen molar-refractivity contribution in [1.29, 1.82) is 0 Å². The molecule has 0 saturated heterocycles. The van der Waals surface area contributed by atoms with Crippen molar-refractivity contribution >= 4 is 12.4 Å². The van der Waals surface area contributed by atoms with E-state index in [0.29, 0.717) is 0 Å². The van der Waals surface area contributed by atoms with E-state index >= 15 is 0 Å². The van der Waals surface area contributed by atoms with Gasteiger partial charge in [0.05, 0.1) is 6.54 Å². The van der Waals surface area contributed by atoms with Crippen molar-refractivity contribution in [2.45, 2.75) is 0 Å². The summed E-state index contributed by atoms with van der Waals surface area (Å²) in [7, 11) is 0. The lowest BCUT2D eigenvalue weighted by molar-refractivity contribution is 0.555. The van der Waals surface area contributed by atoms with Crippen LogP contribution in [0.4, 0.5) is 0 Å². The summed E-state index contributed by atoms with van der Waals surface area (Å²) in [4.78, 5) is 10.1. The number of nitrogens with zero attached hydrogens (tertiary/aromatic N) is 3. The summed E-state index contributed by atoms with van der Waals surface area (Å²) < 4.78 is 0. The zero-order valence-corrected chi connectivity index (χ0v) is 5.44. The Morgan fingerprint density at radius 2 is 2.50 bits per heavy atom. The predicted octanol–water partition coefficient (Wildman–Crippen LogP) is 0.770. The Bertz CT molecular complexity index is 248. The fourth-order valence-corrected chi connectivity index (χ4v) is 0.944. The van der Waals surface area contributed by atoms with E-state index in [0.717, 1.165) is 12.4 Å². The zero-order chi connectivity index (χ0) is 6.81. The first-order valence-corrected chi connectivity index (χ1v) is 3.16. The second-order valence-electron chi connectivity index (χ2n) is 2.09. The minimum Gasteiger partial charge on any atom is -0.326 e. The Morgan fingerprint density at radius 3 is 3.50 bits per heavy atom. The topological polar surface area (TPSA) is 28.0 Å². The van der Waals surface area contributed by atoms with Gasteiger partial charge in [-0.1, -0.05) is 0 Å². The van der Waals surface area contributed by atoms with Crippen molar-refractivity contribution in [1.82, 2.24) is 4.90 Å². The standard InChI is InChI=1S/C7H7N3/c1-2-8-3-5-10-6-4-9-7(1)10/h1-5H,6H2. The second kappa shape index (κ2) is 2.10. The van der Waals surface area contributed by atoms with Crippen LogP contribution in [0.3, 0.4) is 0 Å². The lowest BCUT2D eigenvalue weighted by Gasteiger charge is -2.09. The highest BCUT2D eigenvalue weighted by molar-refractivity contribution is 5.76. The highest BCUT2D eigenvalue weighted by Gasteiger charge is 2.08. The molecule has 2 aliphatic rings. The molecule has 3 heteroatoms. The Morgan fingerprint density at radius 1 is 1.50 bits per heavy atom. The first kappa shape index (κ1) is 5.41. The van der Waals surface area contributed by atoms with E-state index in [2.05, 4.69) is 9.98 Å². The SMILES string of the molecule is C1=CN2CC=NC2=CC=N1. The van der Waals surface area contributed by atoms with E-state index in [1.807, 2.05) is 23.4 Å².